The second-order valence-electron chi connectivity index (χ2n) is 5.49. The molecule has 0 bridgehead atoms. The highest BCUT2D eigenvalue weighted by Crippen LogP contribution is 2.71. The van der Waals surface area contributed by atoms with Gasteiger partial charge in [0, 0.05) is 0 Å². The maximum absolute atomic E-state index is 10.4. The van der Waals surface area contributed by atoms with Crippen LogP contribution in [0.3, 0.4) is 0 Å². The molecule has 0 saturated carbocycles. The van der Waals surface area contributed by atoms with Crippen LogP contribution in [-0.4, -0.2) is 16.1 Å². The van der Waals surface area contributed by atoms with E-state index in [0.717, 1.165) is 5.56 Å². The van der Waals surface area contributed by atoms with Gasteiger partial charge in [-0.2, -0.15) is 13.9 Å². The number of benzene rings is 1. The Kier molecular flexibility index (Phi) is 3.37. The van der Waals surface area contributed by atoms with Crippen LogP contribution in [0.5, 0.6) is 0 Å². The molecule has 0 aliphatic carbocycles. The van der Waals surface area contributed by atoms with Crippen molar-refractivity contribution in [1.82, 2.24) is 0 Å². The van der Waals surface area contributed by atoms with E-state index < -0.39 is 19.1 Å². The third-order valence-corrected chi connectivity index (χ3v) is 5.38. The van der Waals surface area contributed by atoms with Crippen LogP contribution in [0, 0.1) is 0 Å². The van der Waals surface area contributed by atoms with Crippen LogP contribution in [-0.2, 0) is 9.05 Å². The highest BCUT2D eigenvalue weighted by atomic mass is 31.2. The van der Waals surface area contributed by atoms with Crippen LogP contribution in [0.1, 0.15) is 33.3 Å². The molecule has 0 spiro atoms. The molecule has 0 radical (unpaired) electrons. The van der Waals surface area contributed by atoms with E-state index in [-0.39, 0.29) is 0 Å². The quantitative estimate of drug-likeness (QED) is 0.823. The van der Waals surface area contributed by atoms with E-state index in [1.807, 2.05) is 64.1 Å². The van der Waals surface area contributed by atoms with E-state index in [0.29, 0.717) is 0 Å². The van der Waals surface area contributed by atoms with E-state index >= 15 is 0 Å². The molecular formula is C14H20O3P+. The van der Waals surface area contributed by atoms with E-state index in [1.165, 1.54) is 0 Å². The predicted octanol–water partition coefficient (Wildman–Crippen LogP) is 4.02. The molecular weight excluding hydrogens is 247 g/mol. The molecule has 3 nitrogen and oxygen atoms in total. The Balaban J connectivity index is 2.18. The molecule has 4 heteroatoms. The van der Waals surface area contributed by atoms with E-state index in [4.69, 9.17) is 9.05 Å². The van der Waals surface area contributed by atoms with Crippen molar-refractivity contribution in [3.63, 3.8) is 0 Å². The molecule has 1 saturated heterocycles. The second kappa shape index (κ2) is 4.43. The van der Waals surface area contributed by atoms with Crippen LogP contribution < -0.4 is 0 Å². The lowest BCUT2D eigenvalue weighted by Crippen LogP contribution is -2.41. The van der Waals surface area contributed by atoms with Crippen molar-refractivity contribution in [2.45, 2.75) is 38.9 Å². The van der Waals surface area contributed by atoms with E-state index in [9.17, 15) is 4.89 Å². The fraction of sp³-hybridized carbons (Fsp3) is 0.429. The average molecular weight is 267 g/mol. The first-order valence-electron chi connectivity index (χ1n) is 6.01. The molecule has 1 fully saturated rings. The normalized spacial score (nSPS) is 24.5. The van der Waals surface area contributed by atoms with Crippen LogP contribution in [0.2, 0.25) is 0 Å². The topological polar surface area (TPSA) is 38.7 Å². The largest absolute Gasteiger partial charge is 0.439 e. The van der Waals surface area contributed by atoms with Gasteiger partial charge in [0.1, 0.15) is 17.0 Å². The molecule has 98 valence electrons. The monoisotopic (exact) mass is 267 g/mol. The van der Waals surface area contributed by atoms with Crippen LogP contribution in [0.25, 0.3) is 6.08 Å². The molecule has 0 unspecified atom stereocenters. The first kappa shape index (κ1) is 13.7. The standard InChI is InChI=1S/C14H20O3P/c1-13(2)14(3,4)17-18(15,16-13)11-10-12-8-6-5-7-9-12/h5-11,15H,1-4H3/q+1. The van der Waals surface area contributed by atoms with Crippen molar-refractivity contribution in [2.24, 2.45) is 0 Å². The first-order chi connectivity index (χ1) is 8.24. The van der Waals surface area contributed by atoms with Crippen molar-refractivity contribution in [1.29, 1.82) is 0 Å². The van der Waals surface area contributed by atoms with Gasteiger partial charge in [-0.3, -0.25) is 0 Å². The lowest BCUT2D eigenvalue weighted by molar-refractivity contribution is 0.00578. The summed E-state index contributed by atoms with van der Waals surface area (Å²) in [5, 5.41) is 0. The molecule has 1 aromatic rings. The van der Waals surface area contributed by atoms with Crippen LogP contribution in [0.4, 0.5) is 0 Å². The Labute approximate surface area is 109 Å². The zero-order chi connectivity index (χ0) is 13.4. The summed E-state index contributed by atoms with van der Waals surface area (Å²) in [6.07, 6.45) is 1.84. The molecule has 0 amide bonds. The van der Waals surface area contributed by atoms with Crippen molar-refractivity contribution in [3.8, 4) is 0 Å². The smallest absolute Gasteiger partial charge is 0.189 e. The highest BCUT2D eigenvalue weighted by molar-refractivity contribution is 7.64. The Morgan fingerprint density at radius 3 is 2.00 bits per heavy atom. The lowest BCUT2D eigenvalue weighted by Gasteiger charge is -2.24. The molecule has 1 aromatic carbocycles. The maximum atomic E-state index is 10.4. The Bertz CT molecular complexity index is 435. The van der Waals surface area contributed by atoms with Crippen molar-refractivity contribution < 1.29 is 13.9 Å². The molecule has 18 heavy (non-hydrogen) atoms. The fourth-order valence-electron chi connectivity index (χ4n) is 1.70. The van der Waals surface area contributed by atoms with Gasteiger partial charge in [-0.15, -0.1) is 0 Å². The van der Waals surface area contributed by atoms with Crippen LogP contribution in [0.15, 0.2) is 36.1 Å². The summed E-state index contributed by atoms with van der Waals surface area (Å²) in [6, 6.07) is 9.79. The molecule has 1 aliphatic heterocycles. The fourth-order valence-corrected chi connectivity index (χ4v) is 3.96. The molecule has 2 rings (SSSR count). The summed E-state index contributed by atoms with van der Waals surface area (Å²) >= 11 is 0. The third-order valence-electron chi connectivity index (χ3n) is 3.42. The van der Waals surface area contributed by atoms with Gasteiger partial charge in [-0.1, -0.05) is 30.3 Å². The van der Waals surface area contributed by atoms with E-state index in [2.05, 4.69) is 0 Å². The van der Waals surface area contributed by atoms with Gasteiger partial charge in [0.25, 0.3) is 0 Å². The summed E-state index contributed by atoms with van der Waals surface area (Å²) in [5.41, 5.74) is 0.00764. The minimum Gasteiger partial charge on any atom is -0.189 e. The molecule has 1 aliphatic rings. The van der Waals surface area contributed by atoms with E-state index in [1.54, 1.807) is 5.82 Å². The summed E-state index contributed by atoms with van der Waals surface area (Å²) in [6.45, 7) is 7.73. The van der Waals surface area contributed by atoms with Gasteiger partial charge < -0.3 is 0 Å². The van der Waals surface area contributed by atoms with Gasteiger partial charge in [0.2, 0.25) is 0 Å². The zero-order valence-corrected chi connectivity index (χ0v) is 12.1. The maximum Gasteiger partial charge on any atom is 0.439 e. The van der Waals surface area contributed by atoms with Gasteiger partial charge >= 0.3 is 7.94 Å². The SMILES string of the molecule is CC1(C)O[P+](O)(C=Cc2ccccc2)OC1(C)C. The van der Waals surface area contributed by atoms with Crippen molar-refractivity contribution in [2.75, 3.05) is 0 Å². The second-order valence-corrected chi connectivity index (χ2v) is 7.29. The molecule has 1 N–H and O–H groups in total. The summed E-state index contributed by atoms with van der Waals surface area (Å²) in [7, 11) is -2.91. The number of rotatable bonds is 2. The summed E-state index contributed by atoms with van der Waals surface area (Å²) < 4.78 is 11.5. The Morgan fingerprint density at radius 2 is 1.50 bits per heavy atom. The molecule has 0 atom stereocenters. The predicted molar refractivity (Wildman–Crippen MR) is 74.9 cm³/mol. The van der Waals surface area contributed by atoms with Gasteiger partial charge in [-0.05, 0) is 39.3 Å². The highest BCUT2D eigenvalue weighted by Gasteiger charge is 2.64. The Hall–Kier alpha value is -0.730. The minimum absolute atomic E-state index is 0.503. The number of hydrogen-bond donors (Lipinski definition) is 1. The average Bonchev–Trinajstić information content (AvgIpc) is 2.42. The van der Waals surface area contributed by atoms with Crippen molar-refractivity contribution >= 4 is 14.0 Å². The third kappa shape index (κ3) is 2.65. The number of hydrogen-bond acceptors (Lipinski definition) is 3. The van der Waals surface area contributed by atoms with Crippen LogP contribution >= 0.6 is 7.94 Å². The molecule has 1 heterocycles. The van der Waals surface area contributed by atoms with Gasteiger partial charge in [0.15, 0.2) is 0 Å². The van der Waals surface area contributed by atoms with Gasteiger partial charge in [-0.25, -0.2) is 0 Å². The first-order valence-corrected chi connectivity index (χ1v) is 7.66. The summed E-state index contributed by atoms with van der Waals surface area (Å²) in [5.74, 6) is 1.65. The van der Waals surface area contributed by atoms with Gasteiger partial charge in [0.05, 0.1) is 0 Å². The summed E-state index contributed by atoms with van der Waals surface area (Å²) in [4.78, 5) is 10.4. The van der Waals surface area contributed by atoms with Crippen molar-refractivity contribution in [3.05, 3.63) is 41.7 Å². The Morgan fingerprint density at radius 1 is 1.00 bits per heavy atom. The lowest BCUT2D eigenvalue weighted by atomic mass is 9.90. The molecule has 0 aromatic heterocycles. The zero-order valence-electron chi connectivity index (χ0n) is 11.3. The minimum atomic E-state index is -2.91.